The average molecular weight is 273 g/mol. The first kappa shape index (κ1) is 14.7. The number of halogens is 1. The maximum atomic E-state index is 12.8. The van der Waals surface area contributed by atoms with E-state index in [0.717, 1.165) is 5.56 Å². The summed E-state index contributed by atoms with van der Waals surface area (Å²) in [5, 5.41) is 13.4. The van der Waals surface area contributed by atoms with E-state index in [1.165, 1.54) is 23.3 Å². The highest BCUT2D eigenvalue weighted by molar-refractivity contribution is 5.28. The van der Waals surface area contributed by atoms with E-state index in [1.807, 2.05) is 12.1 Å². The van der Waals surface area contributed by atoms with E-state index in [9.17, 15) is 9.50 Å². The van der Waals surface area contributed by atoms with Gasteiger partial charge in [-0.3, -0.25) is 0 Å². The van der Waals surface area contributed by atoms with Crippen molar-refractivity contribution in [3.63, 3.8) is 0 Å². The third kappa shape index (κ3) is 3.65. The van der Waals surface area contributed by atoms with Gasteiger partial charge in [0.2, 0.25) is 0 Å². The van der Waals surface area contributed by atoms with E-state index in [1.54, 1.807) is 12.1 Å². The Hall–Kier alpha value is -1.71. The standard InChI is InChI=1S/C17H20FNO/c1-12-5-3-4-6-16(12)13(2)19-11-17(20)14-7-9-15(18)10-8-14/h3-10,13,17,19-20H,11H2,1-2H3/t13-,17?/m1/s1. The molecule has 2 aromatic carbocycles. The van der Waals surface area contributed by atoms with Crippen molar-refractivity contribution in [1.82, 2.24) is 5.32 Å². The quantitative estimate of drug-likeness (QED) is 0.873. The summed E-state index contributed by atoms with van der Waals surface area (Å²) in [6.45, 7) is 4.57. The van der Waals surface area contributed by atoms with Crippen molar-refractivity contribution < 1.29 is 9.50 Å². The van der Waals surface area contributed by atoms with Gasteiger partial charge in [0, 0.05) is 12.6 Å². The van der Waals surface area contributed by atoms with Crippen LogP contribution in [0.5, 0.6) is 0 Å². The second kappa shape index (κ2) is 6.64. The van der Waals surface area contributed by atoms with Gasteiger partial charge < -0.3 is 10.4 Å². The SMILES string of the molecule is Cc1ccccc1[C@@H](C)NCC(O)c1ccc(F)cc1. The van der Waals surface area contributed by atoms with Crippen LogP contribution in [0.15, 0.2) is 48.5 Å². The van der Waals surface area contributed by atoms with Crippen molar-refractivity contribution in [3.05, 3.63) is 71.0 Å². The van der Waals surface area contributed by atoms with Gasteiger partial charge in [0.25, 0.3) is 0 Å². The molecule has 2 aromatic rings. The average Bonchev–Trinajstić information content (AvgIpc) is 2.45. The van der Waals surface area contributed by atoms with E-state index in [2.05, 4.69) is 31.3 Å². The number of aliphatic hydroxyl groups excluding tert-OH is 1. The topological polar surface area (TPSA) is 32.3 Å². The van der Waals surface area contributed by atoms with Crippen LogP contribution in [0.2, 0.25) is 0 Å². The Morgan fingerprint density at radius 2 is 1.75 bits per heavy atom. The molecular weight excluding hydrogens is 253 g/mol. The highest BCUT2D eigenvalue weighted by Crippen LogP contribution is 2.18. The first-order valence-corrected chi connectivity index (χ1v) is 6.80. The molecule has 0 heterocycles. The van der Waals surface area contributed by atoms with Crippen LogP contribution < -0.4 is 5.32 Å². The zero-order chi connectivity index (χ0) is 14.5. The Morgan fingerprint density at radius 3 is 2.40 bits per heavy atom. The molecule has 0 aromatic heterocycles. The fourth-order valence-electron chi connectivity index (χ4n) is 2.27. The number of aliphatic hydroxyl groups is 1. The number of nitrogens with one attached hydrogen (secondary N) is 1. The van der Waals surface area contributed by atoms with Crippen molar-refractivity contribution in [3.8, 4) is 0 Å². The predicted molar refractivity (Wildman–Crippen MR) is 79.0 cm³/mol. The molecule has 0 aliphatic heterocycles. The van der Waals surface area contributed by atoms with E-state index in [-0.39, 0.29) is 11.9 Å². The molecule has 20 heavy (non-hydrogen) atoms. The Morgan fingerprint density at radius 1 is 1.10 bits per heavy atom. The number of hydrogen-bond acceptors (Lipinski definition) is 2. The molecule has 0 aliphatic rings. The molecule has 0 bridgehead atoms. The molecule has 0 fully saturated rings. The summed E-state index contributed by atoms with van der Waals surface area (Å²) < 4.78 is 12.8. The Kier molecular flexibility index (Phi) is 4.88. The van der Waals surface area contributed by atoms with Gasteiger partial charge in [-0.2, -0.15) is 0 Å². The number of hydrogen-bond donors (Lipinski definition) is 2. The highest BCUT2D eigenvalue weighted by Gasteiger charge is 2.11. The lowest BCUT2D eigenvalue weighted by atomic mass is 10.0. The van der Waals surface area contributed by atoms with Crippen LogP contribution in [-0.4, -0.2) is 11.7 Å². The summed E-state index contributed by atoms with van der Waals surface area (Å²) in [4.78, 5) is 0. The number of rotatable bonds is 5. The Balaban J connectivity index is 1.95. The largest absolute Gasteiger partial charge is 0.387 e. The van der Waals surface area contributed by atoms with Crippen molar-refractivity contribution in [2.75, 3.05) is 6.54 Å². The van der Waals surface area contributed by atoms with Gasteiger partial charge in [-0.25, -0.2) is 4.39 Å². The molecule has 2 N–H and O–H groups in total. The second-order valence-electron chi connectivity index (χ2n) is 5.05. The minimum absolute atomic E-state index is 0.159. The van der Waals surface area contributed by atoms with Gasteiger partial charge in [-0.15, -0.1) is 0 Å². The first-order chi connectivity index (χ1) is 9.58. The summed E-state index contributed by atoms with van der Waals surface area (Å²) in [5.41, 5.74) is 3.17. The molecule has 1 unspecified atom stereocenters. The van der Waals surface area contributed by atoms with Gasteiger partial charge in [0.05, 0.1) is 6.10 Å². The van der Waals surface area contributed by atoms with E-state index >= 15 is 0 Å². The lowest BCUT2D eigenvalue weighted by molar-refractivity contribution is 0.170. The van der Waals surface area contributed by atoms with Crippen molar-refractivity contribution >= 4 is 0 Å². The Labute approximate surface area is 119 Å². The molecule has 0 amide bonds. The van der Waals surface area contributed by atoms with E-state index < -0.39 is 6.10 Å². The molecule has 3 heteroatoms. The van der Waals surface area contributed by atoms with Crippen molar-refractivity contribution in [1.29, 1.82) is 0 Å². The van der Waals surface area contributed by atoms with Crippen molar-refractivity contribution in [2.24, 2.45) is 0 Å². The second-order valence-corrected chi connectivity index (χ2v) is 5.05. The molecule has 0 saturated carbocycles. The first-order valence-electron chi connectivity index (χ1n) is 6.80. The van der Waals surface area contributed by atoms with Crippen LogP contribution in [0.1, 0.15) is 35.8 Å². The molecule has 2 rings (SSSR count). The molecule has 0 spiro atoms. The lowest BCUT2D eigenvalue weighted by Gasteiger charge is -2.19. The van der Waals surface area contributed by atoms with Crippen LogP contribution in [-0.2, 0) is 0 Å². The fraction of sp³-hybridized carbons (Fsp3) is 0.294. The zero-order valence-electron chi connectivity index (χ0n) is 11.8. The summed E-state index contributed by atoms with van der Waals surface area (Å²) in [6.07, 6.45) is -0.637. The Bertz CT molecular complexity index is 553. The molecule has 0 aliphatic carbocycles. The maximum Gasteiger partial charge on any atom is 0.123 e. The van der Waals surface area contributed by atoms with Crippen LogP contribution in [0.25, 0.3) is 0 Å². The summed E-state index contributed by atoms with van der Waals surface area (Å²) in [6, 6.07) is 14.3. The molecule has 2 atom stereocenters. The van der Waals surface area contributed by atoms with Crippen LogP contribution in [0.3, 0.4) is 0 Å². The van der Waals surface area contributed by atoms with Gasteiger partial charge in [0.15, 0.2) is 0 Å². The van der Waals surface area contributed by atoms with Gasteiger partial charge in [-0.1, -0.05) is 36.4 Å². The minimum Gasteiger partial charge on any atom is -0.387 e. The minimum atomic E-state index is -0.637. The van der Waals surface area contributed by atoms with Gasteiger partial charge in [0.1, 0.15) is 5.82 Å². The van der Waals surface area contributed by atoms with E-state index in [0.29, 0.717) is 6.54 Å². The molecular formula is C17H20FNO. The van der Waals surface area contributed by atoms with Crippen molar-refractivity contribution in [2.45, 2.75) is 26.0 Å². The number of benzene rings is 2. The van der Waals surface area contributed by atoms with Crippen LogP contribution in [0, 0.1) is 12.7 Å². The summed E-state index contributed by atoms with van der Waals surface area (Å²) >= 11 is 0. The monoisotopic (exact) mass is 273 g/mol. The maximum absolute atomic E-state index is 12.8. The molecule has 0 saturated heterocycles. The third-order valence-corrected chi connectivity index (χ3v) is 3.53. The zero-order valence-corrected chi connectivity index (χ0v) is 11.8. The normalized spacial score (nSPS) is 14.0. The lowest BCUT2D eigenvalue weighted by Crippen LogP contribution is -2.25. The van der Waals surface area contributed by atoms with Gasteiger partial charge in [-0.05, 0) is 42.7 Å². The smallest absolute Gasteiger partial charge is 0.123 e. The highest BCUT2D eigenvalue weighted by atomic mass is 19.1. The fourth-order valence-corrected chi connectivity index (χ4v) is 2.27. The summed E-state index contributed by atoms with van der Waals surface area (Å²) in [5.74, 6) is -0.290. The van der Waals surface area contributed by atoms with Gasteiger partial charge >= 0.3 is 0 Å². The molecule has 0 radical (unpaired) electrons. The van der Waals surface area contributed by atoms with Crippen LogP contribution in [0.4, 0.5) is 4.39 Å². The third-order valence-electron chi connectivity index (χ3n) is 3.53. The summed E-state index contributed by atoms with van der Waals surface area (Å²) in [7, 11) is 0. The van der Waals surface area contributed by atoms with Crippen LogP contribution >= 0.6 is 0 Å². The number of aryl methyl sites for hydroxylation is 1. The molecule has 2 nitrogen and oxygen atoms in total. The van der Waals surface area contributed by atoms with E-state index in [4.69, 9.17) is 0 Å². The molecule has 106 valence electrons. The predicted octanol–water partition coefficient (Wildman–Crippen LogP) is 3.52.